The summed E-state index contributed by atoms with van der Waals surface area (Å²) in [6, 6.07) is 6.05. The molecule has 0 bridgehead atoms. The minimum absolute atomic E-state index is 0.107. The number of hydrogen-bond donors (Lipinski definition) is 5. The Bertz CT molecular complexity index is 3090. The second-order valence-electron chi connectivity index (χ2n) is 25.8. The molecule has 4 aliphatic heterocycles. The average molecular weight is 1360 g/mol. The van der Waals surface area contributed by atoms with Crippen LogP contribution < -0.4 is 37.6 Å². The van der Waals surface area contributed by atoms with Crippen LogP contribution in [0.2, 0.25) is 0 Å². The Balaban J connectivity index is 0.000000380. The second kappa shape index (κ2) is 38.2. The summed E-state index contributed by atoms with van der Waals surface area (Å²) in [7, 11) is -4.21. The standard InChI is InChI=1S/C36H57N5O6S.C30H48N6O4S.CH2Cl2/c1-27-25-29(40(6)34(37)44)26-28(2)30(27)19-24-48(45,46)41-22-20-36(21-23-41)33(43)38-31(39-36)17-15-13-11-9-7-8-10-12-14-16-18-32(42)47-35(3,4)5;1-23-21-25(35(3)29(32)38)22-24(2)26(23)14-20-41(39,40)36-18-15-30(16-19-36)28(37)33-27(34-30)13-11-9-7-5-4-6-8-10-12-17-31;2-1-3/h19,24-26H,7-18,20-23H2,1-6H3,(H2,37,44)(H,38,39,43);14,20-22H,4-13,15-19,31H2,1-3H3,(H2,32,38)(H,33,34,37);1H2/b24-19+;20-14+;. The third-order valence-corrected chi connectivity index (χ3v) is 20.5. The third kappa shape index (κ3) is 25.4. The Labute approximate surface area is 559 Å². The predicted molar refractivity (Wildman–Crippen MR) is 375 cm³/mol. The number of aliphatic imine (C=N–C) groups is 2. The molecule has 25 heteroatoms. The summed E-state index contributed by atoms with van der Waals surface area (Å²) in [6.07, 6.45) is 28.4. The molecule has 2 aromatic carbocycles. The Morgan fingerprint density at radius 3 is 1.15 bits per heavy atom. The maximum Gasteiger partial charge on any atom is 0.318 e. The third-order valence-electron chi connectivity index (χ3n) is 17.4. The lowest BCUT2D eigenvalue weighted by atomic mass is 9.89. The van der Waals surface area contributed by atoms with Crippen LogP contribution in [-0.4, -0.2) is 136 Å². The van der Waals surface area contributed by atoms with Gasteiger partial charge in [0.05, 0.1) is 5.34 Å². The normalized spacial score (nSPS) is 16.6. The first kappa shape index (κ1) is 79.0. The summed E-state index contributed by atoms with van der Waals surface area (Å²) in [5.41, 5.74) is 20.3. The van der Waals surface area contributed by atoms with Gasteiger partial charge in [0.15, 0.2) is 0 Å². The molecule has 6 amide bonds. The average Bonchev–Trinajstić information content (AvgIpc) is 1.57. The van der Waals surface area contributed by atoms with Gasteiger partial charge in [0.25, 0.3) is 11.8 Å². The highest BCUT2D eigenvalue weighted by molar-refractivity contribution is 7.92. The van der Waals surface area contributed by atoms with Crippen molar-refractivity contribution < 1.29 is 45.5 Å². The number of anilines is 2. The zero-order chi connectivity index (χ0) is 68.3. The zero-order valence-electron chi connectivity index (χ0n) is 56.3. The molecular weight excluding hydrogens is 1250 g/mol. The molecule has 2 aromatic rings. The van der Waals surface area contributed by atoms with E-state index in [1.807, 2.05) is 48.5 Å². The number of unbranched alkanes of at least 4 members (excludes halogenated alkanes) is 17. The largest absolute Gasteiger partial charge is 0.460 e. The number of piperidine rings is 2. The summed E-state index contributed by atoms with van der Waals surface area (Å²) in [6.45, 7) is 14.8. The van der Waals surface area contributed by atoms with E-state index >= 15 is 0 Å². The van der Waals surface area contributed by atoms with Gasteiger partial charge in [0.1, 0.15) is 28.4 Å². The first-order valence-electron chi connectivity index (χ1n) is 32.9. The Kier molecular flexibility index (Phi) is 32.8. The Morgan fingerprint density at radius 1 is 0.565 bits per heavy atom. The van der Waals surface area contributed by atoms with Crippen LogP contribution in [0.15, 0.2) is 45.1 Å². The van der Waals surface area contributed by atoms with E-state index in [1.54, 1.807) is 50.5 Å². The molecule has 0 aliphatic carbocycles. The van der Waals surface area contributed by atoms with Gasteiger partial charge >= 0.3 is 18.0 Å². The number of esters is 1. The number of nitrogens with one attached hydrogen (secondary N) is 2. The lowest BCUT2D eigenvalue weighted by Crippen LogP contribution is -2.50. The number of nitrogens with zero attached hydrogens (tertiary/aromatic N) is 6. The molecule has 92 heavy (non-hydrogen) atoms. The highest BCUT2D eigenvalue weighted by Crippen LogP contribution is 2.35. The number of nitrogens with two attached hydrogens (primary N) is 3. The van der Waals surface area contributed by atoms with Crippen molar-refractivity contribution in [1.29, 1.82) is 0 Å². The molecule has 4 aliphatic rings. The lowest BCUT2D eigenvalue weighted by Gasteiger charge is -2.34. The van der Waals surface area contributed by atoms with Gasteiger partial charge in [-0.1, -0.05) is 96.3 Å². The first-order valence-corrected chi connectivity index (χ1v) is 37.0. The number of amidine groups is 2. The quantitative estimate of drug-likeness (QED) is 0.0260. The molecule has 21 nitrogen and oxygen atoms in total. The number of halogens is 2. The van der Waals surface area contributed by atoms with Gasteiger partial charge in [-0.2, -0.15) is 8.61 Å². The number of carbonyl (C=O) groups excluding carboxylic acids is 5. The monoisotopic (exact) mass is 1360 g/mol. The molecule has 6 rings (SSSR count). The van der Waals surface area contributed by atoms with Crippen molar-refractivity contribution in [3.05, 3.63) is 68.5 Å². The van der Waals surface area contributed by atoms with Crippen LogP contribution in [0.25, 0.3) is 12.2 Å². The first-order chi connectivity index (χ1) is 43.4. The number of urea groups is 2. The lowest BCUT2D eigenvalue weighted by molar-refractivity contribution is -0.155. The van der Waals surface area contributed by atoms with Crippen LogP contribution in [0.4, 0.5) is 21.0 Å². The summed E-state index contributed by atoms with van der Waals surface area (Å²) < 4.78 is 60.9. The number of ether oxygens (including phenoxy) is 1. The number of primary amides is 2. The molecule has 0 radical (unpaired) electrons. The fourth-order valence-corrected chi connectivity index (χ4v) is 14.2. The van der Waals surface area contributed by atoms with Crippen LogP contribution in [0.5, 0.6) is 0 Å². The molecule has 4 heterocycles. The van der Waals surface area contributed by atoms with Crippen molar-refractivity contribution in [2.45, 2.75) is 232 Å². The minimum Gasteiger partial charge on any atom is -0.460 e. The van der Waals surface area contributed by atoms with Crippen LogP contribution in [0.1, 0.15) is 221 Å². The maximum absolute atomic E-state index is 13.2. The minimum atomic E-state index is -3.70. The number of hydrogen-bond acceptors (Lipinski definition) is 13. The van der Waals surface area contributed by atoms with Gasteiger partial charge < -0.3 is 32.6 Å². The van der Waals surface area contributed by atoms with E-state index in [2.05, 4.69) is 10.6 Å². The number of sulfonamides is 2. The molecule has 2 saturated heterocycles. The predicted octanol–water partition coefficient (Wildman–Crippen LogP) is 12.3. The number of carbonyl (C=O) groups is 5. The fraction of sp³-hybridized carbons (Fsp3) is 0.657. The molecule has 8 N–H and O–H groups in total. The molecule has 0 unspecified atom stereocenters. The summed E-state index contributed by atoms with van der Waals surface area (Å²) in [5.74, 6) is 1.13. The van der Waals surface area contributed by atoms with Crippen molar-refractivity contribution >= 4 is 108 Å². The van der Waals surface area contributed by atoms with Crippen molar-refractivity contribution in [3.63, 3.8) is 0 Å². The number of benzene rings is 2. The SMILES string of the molecule is Cc1cc(N(C)C(N)=O)cc(C)c1/C=C/S(=O)(=O)N1CCC2(CC1)N=C(CCCCCCCCCCCCC(=O)OC(C)(C)C)NC2=O.Cc1cc(N(C)C(N)=O)cc(C)c1/C=C/S(=O)(=O)N1CCC2(CC1)N=C(CCCCCCCCCCCN)NC2=O.ClCCl. The number of amides is 6. The number of aryl methyl sites for hydroxylation is 4. The smallest absolute Gasteiger partial charge is 0.318 e. The number of rotatable bonds is 32. The molecule has 2 spiro atoms. The van der Waals surface area contributed by atoms with Gasteiger partial charge in [-0.05, 0) is 176 Å². The molecule has 0 atom stereocenters. The molecule has 0 saturated carbocycles. The summed E-state index contributed by atoms with van der Waals surface area (Å²) in [4.78, 5) is 72.9. The second-order valence-corrected chi connectivity index (χ2v) is 30.3. The van der Waals surface area contributed by atoms with E-state index in [4.69, 9.17) is 55.1 Å². The topological polar surface area (TPSA) is 303 Å². The maximum atomic E-state index is 13.2. The molecular formula is C67H107Cl2N11O10S2. The van der Waals surface area contributed by atoms with Crippen LogP contribution in [-0.2, 0) is 39.2 Å². The highest BCUT2D eigenvalue weighted by Gasteiger charge is 2.48. The summed E-state index contributed by atoms with van der Waals surface area (Å²) >= 11 is 9.53. The summed E-state index contributed by atoms with van der Waals surface area (Å²) in [5, 5.41) is 8.57. The Morgan fingerprint density at radius 2 is 0.859 bits per heavy atom. The van der Waals surface area contributed by atoms with Crippen molar-refractivity contribution in [1.82, 2.24) is 19.2 Å². The van der Waals surface area contributed by atoms with Crippen LogP contribution >= 0.6 is 23.2 Å². The van der Waals surface area contributed by atoms with E-state index in [9.17, 15) is 40.8 Å². The molecule has 2 fully saturated rings. The van der Waals surface area contributed by atoms with Gasteiger partial charge in [-0.15, -0.1) is 23.2 Å². The fourth-order valence-electron chi connectivity index (χ4n) is 11.9. The van der Waals surface area contributed by atoms with E-state index in [-0.39, 0.29) is 49.3 Å². The Hall–Kier alpha value is -5.43. The zero-order valence-corrected chi connectivity index (χ0v) is 59.5. The van der Waals surface area contributed by atoms with Crippen molar-refractivity contribution in [2.24, 2.45) is 27.2 Å². The van der Waals surface area contributed by atoms with E-state index in [0.29, 0.717) is 43.5 Å². The van der Waals surface area contributed by atoms with Crippen LogP contribution in [0.3, 0.4) is 0 Å². The van der Waals surface area contributed by atoms with Crippen molar-refractivity contribution in [2.75, 3.05) is 62.0 Å². The van der Waals surface area contributed by atoms with Gasteiger partial charge in [0.2, 0.25) is 20.0 Å². The van der Waals surface area contributed by atoms with Crippen LogP contribution in [0, 0.1) is 27.7 Å². The van der Waals surface area contributed by atoms with E-state index < -0.39 is 48.8 Å². The molecule has 0 aromatic heterocycles. The van der Waals surface area contributed by atoms with Gasteiger partial charge in [0, 0.05) is 81.7 Å². The van der Waals surface area contributed by atoms with E-state index in [1.165, 1.54) is 93.4 Å². The number of alkyl halides is 2. The van der Waals surface area contributed by atoms with Gasteiger partial charge in [-0.3, -0.25) is 34.2 Å². The van der Waals surface area contributed by atoms with Gasteiger partial charge in [-0.25, -0.2) is 26.4 Å². The van der Waals surface area contributed by atoms with E-state index in [0.717, 1.165) is 122 Å². The molecule has 516 valence electrons. The van der Waals surface area contributed by atoms with Crippen molar-refractivity contribution in [3.8, 4) is 0 Å². The highest BCUT2D eigenvalue weighted by atomic mass is 35.5.